The quantitative estimate of drug-likeness (QED) is 0.778. The summed E-state index contributed by atoms with van der Waals surface area (Å²) in [5.74, 6) is 0.332. The molecule has 6 heteroatoms. The number of hydrogen-bond donors (Lipinski definition) is 1. The second-order valence-corrected chi connectivity index (χ2v) is 5.70. The second kappa shape index (κ2) is 7.17. The zero-order chi connectivity index (χ0) is 17.8. The third-order valence-electron chi connectivity index (χ3n) is 4.08. The van der Waals surface area contributed by atoms with Crippen molar-refractivity contribution in [2.75, 3.05) is 7.11 Å². The maximum atomic E-state index is 12.5. The molecule has 1 amide bonds. The van der Waals surface area contributed by atoms with Gasteiger partial charge in [0.1, 0.15) is 0 Å². The molecule has 0 radical (unpaired) electrons. The Morgan fingerprint density at radius 2 is 2.00 bits per heavy atom. The van der Waals surface area contributed by atoms with Crippen LogP contribution in [0.15, 0.2) is 48.8 Å². The molecule has 0 saturated heterocycles. The van der Waals surface area contributed by atoms with Crippen LogP contribution in [0.5, 0.6) is 5.88 Å². The lowest BCUT2D eigenvalue weighted by Crippen LogP contribution is -2.23. The van der Waals surface area contributed by atoms with E-state index in [2.05, 4.69) is 15.4 Å². The Hall–Kier alpha value is -3.15. The topological polar surface area (TPSA) is 69.0 Å². The highest BCUT2D eigenvalue weighted by molar-refractivity contribution is 5.95. The van der Waals surface area contributed by atoms with E-state index in [9.17, 15) is 4.79 Å². The summed E-state index contributed by atoms with van der Waals surface area (Å²) in [7, 11) is 1.56. The fourth-order valence-corrected chi connectivity index (χ4v) is 2.69. The van der Waals surface area contributed by atoms with Crippen molar-refractivity contribution in [3.05, 3.63) is 71.2 Å². The lowest BCUT2D eigenvalue weighted by Gasteiger charge is -2.10. The van der Waals surface area contributed by atoms with E-state index in [-0.39, 0.29) is 5.91 Å². The van der Waals surface area contributed by atoms with Crippen LogP contribution in [-0.4, -0.2) is 27.8 Å². The van der Waals surface area contributed by atoms with Gasteiger partial charge in [0, 0.05) is 18.3 Å². The SMILES string of the molecule is COc1ncccc1CNC(=O)c1cnn(-c2ccccc2C)c1C. The monoisotopic (exact) mass is 336 g/mol. The van der Waals surface area contributed by atoms with Gasteiger partial charge in [-0.25, -0.2) is 9.67 Å². The average molecular weight is 336 g/mol. The van der Waals surface area contributed by atoms with Gasteiger partial charge >= 0.3 is 0 Å². The van der Waals surface area contributed by atoms with Crippen molar-refractivity contribution in [3.63, 3.8) is 0 Å². The van der Waals surface area contributed by atoms with E-state index in [0.717, 1.165) is 22.5 Å². The second-order valence-electron chi connectivity index (χ2n) is 5.70. The molecule has 0 spiro atoms. The van der Waals surface area contributed by atoms with Crippen LogP contribution in [0.1, 0.15) is 27.2 Å². The Kier molecular flexibility index (Phi) is 4.79. The number of hydrogen-bond acceptors (Lipinski definition) is 4. The van der Waals surface area contributed by atoms with Crippen LogP contribution < -0.4 is 10.1 Å². The molecule has 6 nitrogen and oxygen atoms in total. The first-order valence-corrected chi connectivity index (χ1v) is 7.98. The van der Waals surface area contributed by atoms with Gasteiger partial charge in [0.05, 0.1) is 30.3 Å². The molecule has 0 fully saturated rings. The van der Waals surface area contributed by atoms with E-state index in [0.29, 0.717) is 18.0 Å². The molecule has 0 aliphatic rings. The third kappa shape index (κ3) is 3.38. The van der Waals surface area contributed by atoms with Crippen LogP contribution in [0.2, 0.25) is 0 Å². The highest BCUT2D eigenvalue weighted by atomic mass is 16.5. The van der Waals surface area contributed by atoms with Gasteiger partial charge in [-0.05, 0) is 31.5 Å². The van der Waals surface area contributed by atoms with Gasteiger partial charge in [0.25, 0.3) is 5.91 Å². The van der Waals surface area contributed by atoms with E-state index < -0.39 is 0 Å². The van der Waals surface area contributed by atoms with Gasteiger partial charge in [-0.2, -0.15) is 5.10 Å². The molecule has 1 N–H and O–H groups in total. The summed E-state index contributed by atoms with van der Waals surface area (Å²) in [6.07, 6.45) is 3.25. The number of carbonyl (C=O) groups is 1. The molecule has 3 rings (SSSR count). The maximum absolute atomic E-state index is 12.5. The summed E-state index contributed by atoms with van der Waals surface area (Å²) in [6, 6.07) is 11.6. The van der Waals surface area contributed by atoms with Gasteiger partial charge in [0.15, 0.2) is 0 Å². The first kappa shape index (κ1) is 16.7. The zero-order valence-electron chi connectivity index (χ0n) is 14.5. The minimum Gasteiger partial charge on any atom is -0.481 e. The molecule has 2 aromatic heterocycles. The van der Waals surface area contributed by atoms with E-state index >= 15 is 0 Å². The molecule has 3 aromatic rings. The standard InChI is InChI=1S/C19H20N4O2/c1-13-7-4-5-9-17(13)23-14(2)16(12-22-23)18(24)21-11-15-8-6-10-20-19(15)25-3/h4-10,12H,11H2,1-3H3,(H,21,24). The number of pyridine rings is 1. The highest BCUT2D eigenvalue weighted by Gasteiger charge is 2.16. The van der Waals surface area contributed by atoms with Crippen LogP contribution in [0, 0.1) is 13.8 Å². The predicted molar refractivity (Wildman–Crippen MR) is 95.0 cm³/mol. The molecule has 0 atom stereocenters. The normalized spacial score (nSPS) is 10.5. The number of aromatic nitrogens is 3. The number of amides is 1. The molecule has 128 valence electrons. The molecule has 0 unspecified atom stereocenters. The average Bonchev–Trinajstić information content (AvgIpc) is 3.01. The van der Waals surface area contributed by atoms with Gasteiger partial charge in [0.2, 0.25) is 5.88 Å². The Balaban J connectivity index is 1.79. The first-order valence-electron chi connectivity index (χ1n) is 7.98. The molecule has 2 heterocycles. The minimum atomic E-state index is -0.178. The molecule has 25 heavy (non-hydrogen) atoms. The summed E-state index contributed by atoms with van der Waals surface area (Å²) in [5, 5.41) is 7.27. The fourth-order valence-electron chi connectivity index (χ4n) is 2.69. The predicted octanol–water partition coefficient (Wildman–Crippen LogP) is 2.82. The number of benzene rings is 1. The van der Waals surface area contributed by atoms with Gasteiger partial charge < -0.3 is 10.1 Å². The van der Waals surface area contributed by atoms with Crippen molar-refractivity contribution < 1.29 is 9.53 Å². The number of nitrogens with one attached hydrogen (secondary N) is 1. The molecular weight excluding hydrogens is 316 g/mol. The number of nitrogens with zero attached hydrogens (tertiary/aromatic N) is 3. The van der Waals surface area contributed by atoms with Gasteiger partial charge in [-0.3, -0.25) is 4.79 Å². The molecule has 0 aliphatic carbocycles. The van der Waals surface area contributed by atoms with E-state index in [1.165, 1.54) is 0 Å². The number of carbonyl (C=O) groups excluding carboxylic acids is 1. The fraction of sp³-hybridized carbons (Fsp3) is 0.211. The molecular formula is C19H20N4O2. The third-order valence-corrected chi connectivity index (χ3v) is 4.08. The maximum Gasteiger partial charge on any atom is 0.255 e. The number of ether oxygens (including phenoxy) is 1. The highest BCUT2D eigenvalue weighted by Crippen LogP contribution is 2.18. The molecule has 1 aromatic carbocycles. The van der Waals surface area contributed by atoms with Crippen molar-refractivity contribution in [3.8, 4) is 11.6 Å². The molecule has 0 saturated carbocycles. The number of para-hydroxylation sites is 1. The number of aryl methyl sites for hydroxylation is 1. The van der Waals surface area contributed by atoms with Crippen molar-refractivity contribution in [1.29, 1.82) is 0 Å². The van der Waals surface area contributed by atoms with E-state index in [4.69, 9.17) is 4.74 Å². The molecule has 0 aliphatic heterocycles. The Bertz CT molecular complexity index is 902. The van der Waals surface area contributed by atoms with Crippen LogP contribution in [0.25, 0.3) is 5.69 Å². The minimum absolute atomic E-state index is 0.178. The number of rotatable bonds is 5. The van der Waals surface area contributed by atoms with Crippen molar-refractivity contribution >= 4 is 5.91 Å². The van der Waals surface area contributed by atoms with Crippen molar-refractivity contribution in [1.82, 2.24) is 20.1 Å². The van der Waals surface area contributed by atoms with Crippen LogP contribution in [-0.2, 0) is 6.54 Å². The van der Waals surface area contributed by atoms with Gasteiger partial charge in [-0.15, -0.1) is 0 Å². The van der Waals surface area contributed by atoms with Gasteiger partial charge in [-0.1, -0.05) is 24.3 Å². The molecule has 0 bridgehead atoms. The summed E-state index contributed by atoms with van der Waals surface area (Å²) >= 11 is 0. The van der Waals surface area contributed by atoms with Crippen molar-refractivity contribution in [2.24, 2.45) is 0 Å². The van der Waals surface area contributed by atoms with Crippen LogP contribution in [0.3, 0.4) is 0 Å². The van der Waals surface area contributed by atoms with Crippen LogP contribution in [0.4, 0.5) is 0 Å². The lowest BCUT2D eigenvalue weighted by molar-refractivity contribution is 0.0950. The lowest BCUT2D eigenvalue weighted by atomic mass is 10.2. The smallest absolute Gasteiger partial charge is 0.255 e. The largest absolute Gasteiger partial charge is 0.481 e. The first-order chi connectivity index (χ1) is 12.1. The van der Waals surface area contributed by atoms with E-state index in [1.807, 2.05) is 50.2 Å². The van der Waals surface area contributed by atoms with E-state index in [1.54, 1.807) is 24.2 Å². The summed E-state index contributed by atoms with van der Waals surface area (Å²) in [6.45, 7) is 4.24. The van der Waals surface area contributed by atoms with Crippen LogP contribution >= 0.6 is 0 Å². The Morgan fingerprint density at radius 3 is 2.76 bits per heavy atom. The Labute approximate surface area is 146 Å². The zero-order valence-corrected chi connectivity index (χ0v) is 14.5. The van der Waals surface area contributed by atoms with Crippen molar-refractivity contribution in [2.45, 2.75) is 20.4 Å². The summed E-state index contributed by atoms with van der Waals surface area (Å²) in [4.78, 5) is 16.7. The summed E-state index contributed by atoms with van der Waals surface area (Å²) in [5.41, 5.74) is 4.23. The number of methoxy groups -OCH3 is 1. The Morgan fingerprint density at radius 1 is 1.20 bits per heavy atom. The summed E-state index contributed by atoms with van der Waals surface area (Å²) < 4.78 is 6.99.